The van der Waals surface area contributed by atoms with E-state index in [-0.39, 0.29) is 30.2 Å². The van der Waals surface area contributed by atoms with Crippen molar-refractivity contribution in [3.63, 3.8) is 0 Å². The van der Waals surface area contributed by atoms with E-state index in [4.69, 9.17) is 0 Å². The van der Waals surface area contributed by atoms with Crippen molar-refractivity contribution in [1.82, 2.24) is 0 Å². The second-order valence-electron chi connectivity index (χ2n) is 11.4. The van der Waals surface area contributed by atoms with Gasteiger partial charge in [-0.15, -0.1) is 0 Å². The molecule has 2 aromatic carbocycles. The summed E-state index contributed by atoms with van der Waals surface area (Å²) >= 11 is -2.19. The van der Waals surface area contributed by atoms with Crippen molar-refractivity contribution in [1.29, 1.82) is 0 Å². The maximum Gasteiger partial charge on any atom is -1.00 e. The first-order chi connectivity index (χ1) is 14.9. The molecule has 2 aromatic rings. The van der Waals surface area contributed by atoms with E-state index in [1.54, 1.807) is 19.9 Å². The van der Waals surface area contributed by atoms with Gasteiger partial charge >= 0.3 is 205 Å². The van der Waals surface area contributed by atoms with Crippen LogP contribution in [0.15, 0.2) is 45.3 Å². The standard InChI is InChI=1S/C17H17.C11H17.C3H6.2ClH.Zr/c1-10-5-14-9-15-6-11(2)13(4)8-17(15)16(14)7-12(10)3;1-5-9-6-7-10(8-9)11(2,3)4;1-3-2;;;/h5-9H,1-4H3;7-9H,5H2,1-4H3;1-2H3;2*1H;/q;;;;;+2/p-2. The van der Waals surface area contributed by atoms with Gasteiger partial charge in [0, 0.05) is 0 Å². The fourth-order valence-corrected chi connectivity index (χ4v) is 14.4. The first kappa shape index (κ1) is 29.5. The number of benzene rings is 2. The maximum atomic E-state index is 2.65. The number of hydrogen-bond donors (Lipinski definition) is 0. The summed E-state index contributed by atoms with van der Waals surface area (Å²) in [6.07, 6.45) is 6.47. The summed E-state index contributed by atoms with van der Waals surface area (Å²) in [5.74, 6) is 0.624. The Kier molecular flexibility index (Phi) is 9.28. The van der Waals surface area contributed by atoms with Crippen molar-refractivity contribution >= 4 is 3.21 Å². The third-order valence-corrected chi connectivity index (χ3v) is 16.2. The van der Waals surface area contributed by atoms with E-state index in [1.807, 2.05) is 3.28 Å². The van der Waals surface area contributed by atoms with Gasteiger partial charge in [-0.3, -0.25) is 0 Å². The molecule has 182 valence electrons. The number of hydrogen-bond acceptors (Lipinski definition) is 0. The van der Waals surface area contributed by atoms with Crippen LogP contribution in [0.4, 0.5) is 0 Å². The first-order valence-corrected chi connectivity index (χ1v) is 16.2. The molecule has 1 atom stereocenters. The monoisotopic (exact) mass is 572 g/mol. The van der Waals surface area contributed by atoms with Crippen LogP contribution >= 0.6 is 0 Å². The second-order valence-corrected chi connectivity index (χ2v) is 18.7. The minimum Gasteiger partial charge on any atom is -1.00 e. The zero-order valence-electron chi connectivity index (χ0n) is 22.6. The maximum absolute atomic E-state index is 2.65. The van der Waals surface area contributed by atoms with Crippen molar-refractivity contribution in [3.8, 4) is 11.1 Å². The van der Waals surface area contributed by atoms with Gasteiger partial charge in [-0.2, -0.15) is 0 Å². The summed E-state index contributed by atoms with van der Waals surface area (Å²) in [6.45, 7) is 23.5. The molecule has 0 N–H and O–H groups in total. The fraction of sp³-hybridized carbons (Fsp3) is 0.452. The third-order valence-electron chi connectivity index (χ3n) is 7.78. The summed E-state index contributed by atoms with van der Waals surface area (Å²) in [6, 6.07) is 10.0. The first-order valence-electron chi connectivity index (χ1n) is 12.3. The van der Waals surface area contributed by atoms with Gasteiger partial charge in [-0.25, -0.2) is 0 Å². The van der Waals surface area contributed by atoms with Gasteiger partial charge in [-0.1, -0.05) is 0 Å². The molecule has 0 saturated heterocycles. The van der Waals surface area contributed by atoms with Crippen LogP contribution in [0.5, 0.6) is 0 Å². The molecule has 0 aromatic heterocycles. The van der Waals surface area contributed by atoms with E-state index in [9.17, 15) is 0 Å². The molecular formula is C31H40Cl2Zr. The predicted molar refractivity (Wildman–Crippen MR) is 138 cm³/mol. The van der Waals surface area contributed by atoms with Gasteiger partial charge in [0.05, 0.1) is 0 Å². The van der Waals surface area contributed by atoms with E-state index < -0.39 is 21.3 Å². The van der Waals surface area contributed by atoms with E-state index >= 15 is 0 Å². The molecule has 0 fully saturated rings. The quantitative estimate of drug-likeness (QED) is 0.529. The molecule has 4 rings (SSSR count). The van der Waals surface area contributed by atoms with Crippen LogP contribution in [0.1, 0.15) is 85.0 Å². The van der Waals surface area contributed by atoms with E-state index in [0.717, 1.165) is 0 Å². The van der Waals surface area contributed by atoms with Crippen LogP contribution in [0, 0.1) is 39.0 Å². The van der Waals surface area contributed by atoms with Gasteiger partial charge in [-0.05, 0) is 0 Å². The minimum absolute atomic E-state index is 0. The third kappa shape index (κ3) is 5.05. The Morgan fingerprint density at radius 3 is 1.62 bits per heavy atom. The predicted octanol–water partition coefficient (Wildman–Crippen LogP) is 2.72. The topological polar surface area (TPSA) is 0 Å². The Bertz CT molecular complexity index is 1140. The summed E-state index contributed by atoms with van der Waals surface area (Å²) < 4.78 is 4.14. The molecule has 0 spiro atoms. The summed E-state index contributed by atoms with van der Waals surface area (Å²) in [5.41, 5.74) is 13.7. The number of fused-ring (bicyclic) bond motifs is 3. The van der Waals surface area contributed by atoms with Gasteiger partial charge in [0.1, 0.15) is 0 Å². The normalized spacial score (nSPS) is 16.4. The zero-order chi connectivity index (χ0) is 23.5. The SMILES string of the molecule is CCC1C=C(C(C)(C)C)C=[C]1[Zr+2](=[C](C)C)[CH]1c2cc(C)c(C)cc2-c2cc(C)c(C)cc21.[Cl-].[Cl-]. The van der Waals surface area contributed by atoms with Crippen molar-refractivity contribution in [2.24, 2.45) is 11.3 Å². The molecule has 0 heterocycles. The average Bonchev–Trinajstić information content (AvgIpc) is 3.24. The molecule has 0 amide bonds. The zero-order valence-corrected chi connectivity index (χ0v) is 26.6. The van der Waals surface area contributed by atoms with Crippen LogP contribution in [0.25, 0.3) is 11.1 Å². The largest absolute Gasteiger partial charge is 1.00 e. The van der Waals surface area contributed by atoms with Crippen LogP contribution < -0.4 is 24.8 Å². The Labute approximate surface area is 228 Å². The Morgan fingerprint density at radius 1 is 0.794 bits per heavy atom. The second kappa shape index (κ2) is 10.7. The van der Waals surface area contributed by atoms with Crippen LogP contribution in [0.2, 0.25) is 0 Å². The van der Waals surface area contributed by atoms with Crippen molar-refractivity contribution in [3.05, 3.63) is 78.7 Å². The van der Waals surface area contributed by atoms with E-state index in [2.05, 4.69) is 106 Å². The van der Waals surface area contributed by atoms with Crippen molar-refractivity contribution in [2.75, 3.05) is 0 Å². The minimum atomic E-state index is -2.19. The number of allylic oxidation sites excluding steroid dienone is 4. The van der Waals surface area contributed by atoms with Crippen LogP contribution in [-0.2, 0) is 21.3 Å². The number of aryl methyl sites for hydroxylation is 4. The number of halogens is 2. The molecule has 0 radical (unpaired) electrons. The Hall–Kier alpha value is -0.747. The Morgan fingerprint density at radius 2 is 1.24 bits per heavy atom. The molecule has 0 nitrogen and oxygen atoms in total. The van der Waals surface area contributed by atoms with E-state index in [1.165, 1.54) is 39.8 Å². The molecule has 0 saturated carbocycles. The molecule has 1 unspecified atom stereocenters. The van der Waals surface area contributed by atoms with Crippen molar-refractivity contribution < 1.29 is 46.1 Å². The molecule has 0 aliphatic heterocycles. The molecular weight excluding hydrogens is 534 g/mol. The summed E-state index contributed by atoms with van der Waals surface area (Å²) in [5, 5.41) is 0. The van der Waals surface area contributed by atoms with Crippen molar-refractivity contribution in [2.45, 2.75) is 79.3 Å². The Balaban J connectivity index is 0.00000204. The van der Waals surface area contributed by atoms with Gasteiger partial charge < -0.3 is 24.8 Å². The summed E-state index contributed by atoms with van der Waals surface area (Å²) in [7, 11) is 0. The molecule has 2 aliphatic carbocycles. The van der Waals surface area contributed by atoms with E-state index in [0.29, 0.717) is 9.54 Å². The smallest absolute Gasteiger partial charge is 1.00 e. The van der Waals surface area contributed by atoms with Gasteiger partial charge in [0.15, 0.2) is 0 Å². The molecule has 34 heavy (non-hydrogen) atoms. The molecule has 0 bridgehead atoms. The number of rotatable bonds is 3. The van der Waals surface area contributed by atoms with Crippen LogP contribution in [-0.4, -0.2) is 3.21 Å². The molecule has 3 heteroatoms. The van der Waals surface area contributed by atoms with Crippen LogP contribution in [0.3, 0.4) is 0 Å². The summed E-state index contributed by atoms with van der Waals surface area (Å²) in [4.78, 5) is 0. The van der Waals surface area contributed by atoms with Gasteiger partial charge in [0.2, 0.25) is 0 Å². The van der Waals surface area contributed by atoms with Gasteiger partial charge in [0.25, 0.3) is 0 Å². The molecule has 2 aliphatic rings. The fourth-order valence-electron chi connectivity index (χ4n) is 5.55. The average molecular weight is 575 g/mol.